The van der Waals surface area contributed by atoms with Crippen molar-refractivity contribution in [3.63, 3.8) is 0 Å². The van der Waals surface area contributed by atoms with Gasteiger partial charge in [0, 0.05) is 5.56 Å². The van der Waals surface area contributed by atoms with Crippen LogP contribution in [0.15, 0.2) is 18.3 Å². The van der Waals surface area contributed by atoms with Gasteiger partial charge in [0.05, 0.1) is 18.4 Å². The lowest BCUT2D eigenvalue weighted by Crippen LogP contribution is -2.12. The second kappa shape index (κ2) is 4.82. The van der Waals surface area contributed by atoms with Gasteiger partial charge in [-0.15, -0.1) is 0 Å². The molecule has 102 valence electrons. The maximum Gasteiger partial charge on any atom is 0.120 e. The highest BCUT2D eigenvalue weighted by atomic mass is 14.9. The molecule has 1 aromatic heterocycles. The third-order valence-corrected chi connectivity index (χ3v) is 3.49. The van der Waals surface area contributed by atoms with Crippen molar-refractivity contribution in [2.75, 3.05) is 0 Å². The maximum atomic E-state index is 5.60. The predicted molar refractivity (Wildman–Crippen MR) is 80.1 cm³/mol. The molecule has 0 radical (unpaired) electrons. The van der Waals surface area contributed by atoms with E-state index in [1.807, 2.05) is 6.20 Å². The Hall–Kier alpha value is -1.61. The Bertz CT molecular complexity index is 565. The lowest BCUT2D eigenvalue weighted by molar-refractivity contribution is 0.589. The number of rotatable bonds is 2. The average Bonchev–Trinajstić information content (AvgIpc) is 2.75. The minimum atomic E-state index is 0.171. The molecule has 0 amide bonds. The van der Waals surface area contributed by atoms with Gasteiger partial charge in [-0.1, -0.05) is 32.9 Å². The molecule has 0 unspecified atom stereocenters. The third kappa shape index (κ3) is 2.71. The minimum absolute atomic E-state index is 0.171. The fraction of sp³-hybridized carbons (Fsp3) is 0.438. The van der Waals surface area contributed by atoms with Crippen LogP contribution in [0, 0.1) is 13.8 Å². The van der Waals surface area contributed by atoms with Crippen LogP contribution >= 0.6 is 0 Å². The Morgan fingerprint density at radius 2 is 1.74 bits per heavy atom. The number of nitrogens with two attached hydrogens (primary N) is 1. The topological polar surface area (TPSA) is 54.7 Å². The van der Waals surface area contributed by atoms with Gasteiger partial charge in [-0.2, -0.15) is 0 Å². The number of aromatic nitrogens is 2. The number of hydrogen-bond acceptors (Lipinski definition) is 2. The summed E-state index contributed by atoms with van der Waals surface area (Å²) in [6, 6.07) is 4.54. The van der Waals surface area contributed by atoms with E-state index in [9.17, 15) is 0 Å². The van der Waals surface area contributed by atoms with Gasteiger partial charge in [0.2, 0.25) is 0 Å². The zero-order valence-electron chi connectivity index (χ0n) is 12.5. The largest absolute Gasteiger partial charge is 0.341 e. The lowest BCUT2D eigenvalue weighted by atomic mass is 9.83. The van der Waals surface area contributed by atoms with Gasteiger partial charge in [-0.25, -0.2) is 4.98 Å². The Labute approximate surface area is 115 Å². The van der Waals surface area contributed by atoms with Gasteiger partial charge in [0.25, 0.3) is 0 Å². The summed E-state index contributed by atoms with van der Waals surface area (Å²) in [5.41, 5.74) is 12.0. The van der Waals surface area contributed by atoms with E-state index in [4.69, 9.17) is 5.73 Å². The Morgan fingerprint density at radius 1 is 1.16 bits per heavy atom. The second-order valence-electron chi connectivity index (χ2n) is 6.18. The zero-order valence-corrected chi connectivity index (χ0v) is 12.5. The van der Waals surface area contributed by atoms with E-state index >= 15 is 0 Å². The molecule has 2 aromatic rings. The monoisotopic (exact) mass is 257 g/mol. The summed E-state index contributed by atoms with van der Waals surface area (Å²) in [5.74, 6) is 0.827. The molecular weight excluding hydrogens is 234 g/mol. The van der Waals surface area contributed by atoms with Gasteiger partial charge < -0.3 is 10.7 Å². The van der Waals surface area contributed by atoms with Crippen LogP contribution in [0.2, 0.25) is 0 Å². The van der Waals surface area contributed by atoms with Crippen LogP contribution in [0.5, 0.6) is 0 Å². The highest BCUT2D eigenvalue weighted by Crippen LogP contribution is 2.31. The maximum absolute atomic E-state index is 5.60. The summed E-state index contributed by atoms with van der Waals surface area (Å²) in [5, 5.41) is 0. The van der Waals surface area contributed by atoms with Crippen molar-refractivity contribution in [2.45, 2.75) is 46.6 Å². The fourth-order valence-electron chi connectivity index (χ4n) is 2.41. The Morgan fingerprint density at radius 3 is 2.16 bits per heavy atom. The normalized spacial score (nSPS) is 11.9. The third-order valence-electron chi connectivity index (χ3n) is 3.49. The standard InChI is InChI=1S/C16H23N3/c1-10-6-12(16(3,4)5)7-11(2)15(10)13-9-18-14(8-17)19-13/h6-7,9H,8,17H2,1-5H3,(H,18,19). The van der Waals surface area contributed by atoms with Gasteiger partial charge in [-0.3, -0.25) is 0 Å². The molecule has 0 aliphatic rings. The van der Waals surface area contributed by atoms with E-state index in [0.29, 0.717) is 6.54 Å². The lowest BCUT2D eigenvalue weighted by Gasteiger charge is -2.22. The summed E-state index contributed by atoms with van der Waals surface area (Å²) < 4.78 is 0. The number of imidazole rings is 1. The summed E-state index contributed by atoms with van der Waals surface area (Å²) in [6.07, 6.45) is 1.87. The van der Waals surface area contributed by atoms with Crippen molar-refractivity contribution >= 4 is 0 Å². The number of nitrogens with zero attached hydrogens (tertiary/aromatic N) is 1. The number of nitrogens with one attached hydrogen (secondary N) is 1. The zero-order chi connectivity index (χ0) is 14.2. The summed E-state index contributed by atoms with van der Waals surface area (Å²) in [4.78, 5) is 7.57. The van der Waals surface area contributed by atoms with Crippen LogP contribution in [-0.2, 0) is 12.0 Å². The first-order valence-corrected chi connectivity index (χ1v) is 6.69. The predicted octanol–water partition coefficient (Wildman–Crippen LogP) is 3.45. The first-order valence-electron chi connectivity index (χ1n) is 6.69. The number of hydrogen-bond donors (Lipinski definition) is 2. The van der Waals surface area contributed by atoms with Crippen LogP contribution in [-0.4, -0.2) is 9.97 Å². The molecule has 3 nitrogen and oxygen atoms in total. The number of H-pyrrole nitrogens is 1. The van der Waals surface area contributed by atoms with Crippen molar-refractivity contribution in [3.8, 4) is 11.3 Å². The van der Waals surface area contributed by atoms with E-state index in [-0.39, 0.29) is 5.41 Å². The molecule has 1 aromatic carbocycles. The molecule has 3 heteroatoms. The van der Waals surface area contributed by atoms with Gasteiger partial charge in [-0.05, 0) is 36.0 Å². The molecule has 0 aliphatic heterocycles. The molecule has 19 heavy (non-hydrogen) atoms. The van der Waals surface area contributed by atoms with Crippen LogP contribution in [0.25, 0.3) is 11.3 Å². The SMILES string of the molecule is Cc1cc(C(C)(C)C)cc(C)c1-c1cnc(CN)[nH]1. The number of aromatic amines is 1. The Kier molecular flexibility index (Phi) is 3.50. The average molecular weight is 257 g/mol. The first-order chi connectivity index (χ1) is 8.82. The van der Waals surface area contributed by atoms with Crippen molar-refractivity contribution in [1.82, 2.24) is 9.97 Å². The fourth-order valence-corrected chi connectivity index (χ4v) is 2.41. The molecule has 1 heterocycles. The molecule has 0 spiro atoms. The van der Waals surface area contributed by atoms with Crippen molar-refractivity contribution in [1.29, 1.82) is 0 Å². The summed E-state index contributed by atoms with van der Waals surface area (Å²) >= 11 is 0. The molecule has 0 bridgehead atoms. The molecule has 0 saturated heterocycles. The molecule has 3 N–H and O–H groups in total. The molecule has 0 saturated carbocycles. The molecule has 0 atom stereocenters. The molecular formula is C16H23N3. The number of aryl methyl sites for hydroxylation is 2. The van der Waals surface area contributed by atoms with Gasteiger partial charge >= 0.3 is 0 Å². The van der Waals surface area contributed by atoms with E-state index in [0.717, 1.165) is 11.5 Å². The molecule has 2 rings (SSSR count). The Balaban J connectivity index is 2.53. The van der Waals surface area contributed by atoms with E-state index in [1.54, 1.807) is 0 Å². The first kappa shape index (κ1) is 13.8. The van der Waals surface area contributed by atoms with Gasteiger partial charge in [0.1, 0.15) is 5.82 Å². The van der Waals surface area contributed by atoms with Gasteiger partial charge in [0.15, 0.2) is 0 Å². The van der Waals surface area contributed by atoms with Crippen LogP contribution in [0.1, 0.15) is 43.3 Å². The van der Waals surface area contributed by atoms with Crippen molar-refractivity contribution < 1.29 is 0 Å². The minimum Gasteiger partial charge on any atom is -0.341 e. The number of benzene rings is 1. The van der Waals surface area contributed by atoms with Crippen molar-refractivity contribution in [2.24, 2.45) is 5.73 Å². The highest BCUT2D eigenvalue weighted by Gasteiger charge is 2.17. The smallest absolute Gasteiger partial charge is 0.120 e. The second-order valence-corrected chi connectivity index (χ2v) is 6.18. The van der Waals surface area contributed by atoms with E-state index in [2.05, 4.69) is 56.7 Å². The quantitative estimate of drug-likeness (QED) is 0.865. The summed E-state index contributed by atoms with van der Waals surface area (Å²) in [7, 11) is 0. The van der Waals surface area contributed by atoms with Crippen LogP contribution in [0.3, 0.4) is 0 Å². The van der Waals surface area contributed by atoms with Crippen molar-refractivity contribution in [3.05, 3.63) is 40.8 Å². The highest BCUT2D eigenvalue weighted by molar-refractivity contribution is 5.68. The van der Waals surface area contributed by atoms with Crippen LogP contribution < -0.4 is 5.73 Å². The van der Waals surface area contributed by atoms with E-state index in [1.165, 1.54) is 22.3 Å². The molecule has 0 aliphatic carbocycles. The summed E-state index contributed by atoms with van der Waals surface area (Å²) in [6.45, 7) is 11.5. The van der Waals surface area contributed by atoms with E-state index < -0.39 is 0 Å². The van der Waals surface area contributed by atoms with Crippen LogP contribution in [0.4, 0.5) is 0 Å². The molecule has 0 fully saturated rings.